The van der Waals surface area contributed by atoms with Crippen LogP contribution in [0.1, 0.15) is 11.1 Å². The van der Waals surface area contributed by atoms with Crippen LogP contribution in [0.25, 0.3) is 0 Å². The van der Waals surface area contributed by atoms with E-state index in [9.17, 15) is 17.6 Å². The summed E-state index contributed by atoms with van der Waals surface area (Å²) in [7, 11) is 0. The lowest BCUT2D eigenvalue weighted by Gasteiger charge is -2.24. The van der Waals surface area contributed by atoms with Gasteiger partial charge < -0.3 is 4.90 Å². The van der Waals surface area contributed by atoms with Crippen molar-refractivity contribution in [3.63, 3.8) is 0 Å². The van der Waals surface area contributed by atoms with Crippen LogP contribution in [0, 0.1) is 5.82 Å². The van der Waals surface area contributed by atoms with Gasteiger partial charge in [0.05, 0.1) is 11.3 Å². The van der Waals surface area contributed by atoms with Crippen molar-refractivity contribution >= 4 is 40.8 Å². The van der Waals surface area contributed by atoms with Crippen LogP contribution in [0.5, 0.6) is 0 Å². The number of aliphatic imine (C=N–C) groups is 1. The van der Waals surface area contributed by atoms with Gasteiger partial charge in [0, 0.05) is 42.3 Å². The Labute approximate surface area is 159 Å². The van der Waals surface area contributed by atoms with E-state index in [1.165, 1.54) is 30.3 Å². The van der Waals surface area contributed by atoms with Gasteiger partial charge in [0.1, 0.15) is 5.82 Å². The topological polar surface area (TPSA) is 15.6 Å². The molecule has 0 saturated carbocycles. The molecule has 0 bridgehead atoms. The van der Waals surface area contributed by atoms with Crippen molar-refractivity contribution in [3.05, 3.63) is 59.4 Å². The van der Waals surface area contributed by atoms with Crippen LogP contribution in [-0.4, -0.2) is 31.1 Å². The van der Waals surface area contributed by atoms with E-state index in [1.54, 1.807) is 11.0 Å². The molecule has 0 unspecified atom stereocenters. The summed E-state index contributed by atoms with van der Waals surface area (Å²) >= 11 is 11.4. The van der Waals surface area contributed by atoms with Crippen LogP contribution < -0.4 is 4.90 Å². The van der Waals surface area contributed by atoms with E-state index in [0.717, 1.165) is 12.3 Å². The first-order chi connectivity index (χ1) is 12.3. The van der Waals surface area contributed by atoms with Crippen LogP contribution in [0.2, 0.25) is 0 Å². The van der Waals surface area contributed by atoms with Gasteiger partial charge in [0.25, 0.3) is 0 Å². The number of anilines is 1. The lowest BCUT2D eigenvalue weighted by Crippen LogP contribution is -2.28. The van der Waals surface area contributed by atoms with Crippen LogP contribution in [0.15, 0.2) is 47.5 Å². The summed E-state index contributed by atoms with van der Waals surface area (Å²) in [5.74, 6) is 0.0980. The lowest BCUT2D eigenvalue weighted by atomic mass is 10.1. The number of halogens is 6. The van der Waals surface area contributed by atoms with Crippen LogP contribution >= 0.6 is 23.2 Å². The van der Waals surface area contributed by atoms with E-state index in [4.69, 9.17) is 23.2 Å². The van der Waals surface area contributed by atoms with Gasteiger partial charge in [-0.3, -0.25) is 4.99 Å². The van der Waals surface area contributed by atoms with Crippen molar-refractivity contribution in [3.8, 4) is 0 Å². The maximum Gasteiger partial charge on any atom is 0.417 e. The molecule has 0 aliphatic carbocycles. The van der Waals surface area contributed by atoms with E-state index < -0.39 is 17.6 Å². The predicted molar refractivity (Wildman–Crippen MR) is 98.8 cm³/mol. The molecule has 2 aromatic rings. The molecule has 0 radical (unpaired) electrons. The van der Waals surface area contributed by atoms with Crippen molar-refractivity contribution in [1.82, 2.24) is 0 Å². The molecule has 0 amide bonds. The summed E-state index contributed by atoms with van der Waals surface area (Å²) in [4.78, 5) is 5.68. The Morgan fingerprint density at radius 3 is 2.12 bits per heavy atom. The molecular weight excluding hydrogens is 391 g/mol. The molecular formula is C18H16Cl2F4N2. The van der Waals surface area contributed by atoms with Crippen LogP contribution in [-0.2, 0) is 6.18 Å². The summed E-state index contributed by atoms with van der Waals surface area (Å²) in [6, 6.07) is 9.13. The molecule has 0 heterocycles. The Kier molecular flexibility index (Phi) is 7.29. The van der Waals surface area contributed by atoms with Gasteiger partial charge in [0.15, 0.2) is 0 Å². The first-order valence-corrected chi connectivity index (χ1v) is 8.80. The first kappa shape index (κ1) is 20.5. The van der Waals surface area contributed by atoms with Crippen molar-refractivity contribution in [2.75, 3.05) is 29.7 Å². The molecule has 26 heavy (non-hydrogen) atoms. The summed E-state index contributed by atoms with van der Waals surface area (Å²) < 4.78 is 53.3. The SMILES string of the molecule is Fc1ccc(N=Cc2ccc(N(CCCl)CCCl)cc2C(F)(F)F)cc1. The standard InChI is InChI=1S/C18H16Cl2F4N2/c19-7-9-26(10-8-20)16-6-1-13(17(11-16)18(22,23)24)12-25-15-4-2-14(21)3-5-15/h1-6,11-12H,7-10H2. The molecule has 0 fully saturated rings. The van der Waals surface area contributed by atoms with Crippen molar-refractivity contribution in [2.45, 2.75) is 6.18 Å². The predicted octanol–water partition coefficient (Wildman–Crippen LogP) is 5.88. The zero-order valence-electron chi connectivity index (χ0n) is 13.6. The fourth-order valence-corrected chi connectivity index (χ4v) is 2.75. The van der Waals surface area contributed by atoms with Gasteiger partial charge >= 0.3 is 6.18 Å². The van der Waals surface area contributed by atoms with Crippen molar-refractivity contribution in [2.24, 2.45) is 4.99 Å². The smallest absolute Gasteiger partial charge is 0.369 e. The molecule has 0 atom stereocenters. The molecule has 0 spiro atoms. The third-order valence-electron chi connectivity index (χ3n) is 3.60. The van der Waals surface area contributed by atoms with E-state index in [-0.39, 0.29) is 17.3 Å². The highest BCUT2D eigenvalue weighted by molar-refractivity contribution is 6.18. The van der Waals surface area contributed by atoms with Crippen LogP contribution in [0.3, 0.4) is 0 Å². The average molecular weight is 407 g/mol. The number of alkyl halides is 5. The number of benzene rings is 2. The third-order valence-corrected chi connectivity index (χ3v) is 3.93. The fraction of sp³-hybridized carbons (Fsp3) is 0.278. The minimum absolute atomic E-state index is 0.0812. The quantitative estimate of drug-likeness (QED) is 0.318. The molecule has 0 aliphatic heterocycles. The summed E-state index contributed by atoms with van der Waals surface area (Å²) in [6.45, 7) is 0.767. The molecule has 140 valence electrons. The Hall–Kier alpha value is -1.79. The third kappa shape index (κ3) is 5.61. The number of hydrogen-bond acceptors (Lipinski definition) is 2. The first-order valence-electron chi connectivity index (χ1n) is 7.73. The van der Waals surface area contributed by atoms with E-state index in [0.29, 0.717) is 24.5 Å². The summed E-state index contributed by atoms with van der Waals surface area (Å²) in [5.41, 5.74) is -0.149. The van der Waals surface area contributed by atoms with E-state index >= 15 is 0 Å². The second kappa shape index (κ2) is 9.24. The summed E-state index contributed by atoms with van der Waals surface area (Å²) in [5, 5.41) is 0. The molecule has 2 nitrogen and oxygen atoms in total. The van der Waals surface area contributed by atoms with Crippen LogP contribution in [0.4, 0.5) is 28.9 Å². The minimum Gasteiger partial charge on any atom is -0.369 e. The largest absolute Gasteiger partial charge is 0.417 e. The molecule has 8 heteroatoms. The average Bonchev–Trinajstić information content (AvgIpc) is 2.60. The monoisotopic (exact) mass is 406 g/mol. The van der Waals surface area contributed by atoms with Gasteiger partial charge in [-0.05, 0) is 36.4 Å². The highest BCUT2D eigenvalue weighted by Crippen LogP contribution is 2.34. The molecule has 2 rings (SSSR count). The lowest BCUT2D eigenvalue weighted by molar-refractivity contribution is -0.137. The Morgan fingerprint density at radius 1 is 0.962 bits per heavy atom. The highest BCUT2D eigenvalue weighted by Gasteiger charge is 2.33. The zero-order valence-corrected chi connectivity index (χ0v) is 15.1. The fourth-order valence-electron chi connectivity index (χ4n) is 2.34. The van der Waals surface area contributed by atoms with Crippen molar-refractivity contribution in [1.29, 1.82) is 0 Å². The summed E-state index contributed by atoms with van der Waals surface area (Å²) in [6.07, 6.45) is -3.43. The molecule has 2 aromatic carbocycles. The molecule has 0 saturated heterocycles. The maximum absolute atomic E-state index is 13.5. The Balaban J connectivity index is 2.38. The van der Waals surface area contributed by atoms with Gasteiger partial charge in [-0.1, -0.05) is 6.07 Å². The van der Waals surface area contributed by atoms with Gasteiger partial charge in [-0.2, -0.15) is 13.2 Å². The number of nitrogens with zero attached hydrogens (tertiary/aromatic N) is 2. The van der Waals surface area contributed by atoms with E-state index in [1.807, 2.05) is 0 Å². The second-order valence-corrected chi connectivity index (χ2v) is 6.12. The molecule has 0 aromatic heterocycles. The van der Waals surface area contributed by atoms with Gasteiger partial charge in [0.2, 0.25) is 0 Å². The number of rotatable bonds is 7. The van der Waals surface area contributed by atoms with Gasteiger partial charge in [-0.25, -0.2) is 4.39 Å². The maximum atomic E-state index is 13.5. The van der Waals surface area contributed by atoms with E-state index in [2.05, 4.69) is 4.99 Å². The Morgan fingerprint density at radius 2 is 1.58 bits per heavy atom. The zero-order chi connectivity index (χ0) is 19.2. The second-order valence-electron chi connectivity index (χ2n) is 5.37. The number of hydrogen-bond donors (Lipinski definition) is 0. The molecule has 0 aliphatic rings. The normalized spacial score (nSPS) is 11.9. The Bertz CT molecular complexity index is 740. The van der Waals surface area contributed by atoms with Crippen molar-refractivity contribution < 1.29 is 17.6 Å². The van der Waals surface area contributed by atoms with Gasteiger partial charge in [-0.15, -0.1) is 23.2 Å². The molecule has 0 N–H and O–H groups in total. The highest BCUT2D eigenvalue weighted by atomic mass is 35.5. The minimum atomic E-state index is -4.55.